The SMILES string of the molecule is CC1(C)c2ccc(N(c3ccccc3)c3ccc(-c4ccc(-n5c6ccccc6c6c7ccccc7ccc65)cc4)cc3)cc2-c2cc3ccccc3cc21.CC1(C)c2ccccc2-c2ccc(N(c3ccc(-c4ccccc4)cc3)c3ccc(-c4ccc(-n5c6ccccc6c6c7ccccc7ccc65)cc4)cc3)cc21. The molecule has 0 unspecified atom stereocenters. The van der Waals surface area contributed by atoms with Gasteiger partial charge in [0, 0.05) is 77.9 Å². The van der Waals surface area contributed by atoms with Crippen LogP contribution in [-0.4, -0.2) is 9.13 Å². The number of rotatable bonds is 11. The Labute approximate surface area is 652 Å². The minimum absolute atomic E-state index is 0.0715. The number of hydrogen-bond acceptors (Lipinski definition) is 2. The van der Waals surface area contributed by atoms with Crippen molar-refractivity contribution in [3.63, 3.8) is 0 Å². The first-order valence-corrected chi connectivity index (χ1v) is 39.0. The molecule has 4 nitrogen and oxygen atoms in total. The van der Waals surface area contributed by atoms with Crippen LogP contribution in [0.2, 0.25) is 0 Å². The fourth-order valence-corrected chi connectivity index (χ4v) is 18.5. The lowest BCUT2D eigenvalue weighted by Crippen LogP contribution is -2.16. The molecule has 0 aliphatic heterocycles. The Kier molecular flexibility index (Phi) is 15.6. The molecule has 0 amide bonds. The van der Waals surface area contributed by atoms with Crippen LogP contribution in [-0.2, 0) is 10.8 Å². The fourth-order valence-electron chi connectivity index (χ4n) is 18.5. The number of aromatic nitrogens is 2. The maximum absolute atomic E-state index is 2.41. The van der Waals surface area contributed by atoms with Crippen molar-refractivity contribution in [2.45, 2.75) is 38.5 Å². The van der Waals surface area contributed by atoms with Crippen LogP contribution in [0.1, 0.15) is 49.9 Å². The normalized spacial score (nSPS) is 13.0. The van der Waals surface area contributed by atoms with Crippen LogP contribution in [0.3, 0.4) is 0 Å². The molecular formula is C108H78N4. The van der Waals surface area contributed by atoms with Gasteiger partial charge >= 0.3 is 0 Å². The molecule has 0 fully saturated rings. The fraction of sp³-hybridized carbons (Fsp3) is 0.0556. The maximum atomic E-state index is 2.41. The lowest BCUT2D eigenvalue weighted by molar-refractivity contribution is 0.660. The number of nitrogens with zero attached hydrogens (tertiary/aromatic N) is 4. The summed E-state index contributed by atoms with van der Waals surface area (Å²) in [6, 6.07) is 147. The molecule has 20 aromatic rings. The van der Waals surface area contributed by atoms with Gasteiger partial charge in [-0.25, -0.2) is 0 Å². The van der Waals surface area contributed by atoms with Gasteiger partial charge in [-0.1, -0.05) is 295 Å². The zero-order chi connectivity index (χ0) is 74.8. The van der Waals surface area contributed by atoms with Gasteiger partial charge in [-0.15, -0.1) is 0 Å². The second kappa shape index (κ2) is 26.4. The quantitative estimate of drug-likeness (QED) is 0.128. The van der Waals surface area contributed by atoms with E-state index in [2.05, 4.69) is 447 Å². The summed E-state index contributed by atoms with van der Waals surface area (Å²) in [5.74, 6) is 0. The molecule has 530 valence electrons. The van der Waals surface area contributed by atoms with Crippen molar-refractivity contribution in [2.75, 3.05) is 9.80 Å². The standard InChI is InChI=1S/C55H40N2.C53H38N2/c1-55(2)50-18-10-8-16-47(50)48-34-33-45(36-51(48)55)56(42-27-20-38(21-28-42)37-12-4-3-5-13-37)43-29-22-39(23-30-43)40-24-31-44(32-25-40)57-52-19-11-9-17-49(52)54-46-15-7-6-14-41(46)26-35-53(54)57;1-53(2)48-30-29-43(34-47(48)46-32-38-13-6-7-14-39(38)33-49(46)53)54(40-15-4-3-5-16-40)41-25-20-35(21-26-41)36-22-27-42(28-23-36)55-50-19-11-10-18-45(50)52-44-17-9-8-12-37(44)24-31-51(52)55/h3-36H,1-2H3;3-34H,1-2H3. The van der Waals surface area contributed by atoms with E-state index >= 15 is 0 Å². The van der Waals surface area contributed by atoms with Crippen LogP contribution in [0, 0.1) is 0 Å². The molecule has 22 rings (SSSR count). The topological polar surface area (TPSA) is 16.3 Å². The summed E-state index contributed by atoms with van der Waals surface area (Å²) in [4.78, 5) is 4.78. The Morgan fingerprint density at radius 2 is 0.536 bits per heavy atom. The van der Waals surface area contributed by atoms with E-state index in [1.165, 1.54) is 154 Å². The second-order valence-electron chi connectivity index (χ2n) is 31.2. The highest BCUT2D eigenvalue weighted by atomic mass is 15.1. The predicted octanol–water partition coefficient (Wildman–Crippen LogP) is 29.6. The predicted molar refractivity (Wildman–Crippen MR) is 475 cm³/mol. The number of fused-ring (bicyclic) bond motifs is 17. The minimum atomic E-state index is -0.0895. The second-order valence-corrected chi connectivity index (χ2v) is 31.2. The summed E-state index contributed by atoms with van der Waals surface area (Å²) in [5.41, 5.74) is 31.9. The van der Waals surface area contributed by atoms with Gasteiger partial charge in [-0.05, 0) is 244 Å². The Bertz CT molecular complexity index is 7070. The van der Waals surface area contributed by atoms with Crippen LogP contribution in [0.25, 0.3) is 143 Å². The first-order valence-electron chi connectivity index (χ1n) is 39.0. The van der Waals surface area contributed by atoms with Gasteiger partial charge < -0.3 is 18.9 Å². The molecule has 0 radical (unpaired) electrons. The highest BCUT2D eigenvalue weighted by Crippen LogP contribution is 2.54. The number of benzene rings is 18. The summed E-state index contributed by atoms with van der Waals surface area (Å²) in [5, 5.41) is 12.9. The zero-order valence-corrected chi connectivity index (χ0v) is 62.9. The molecule has 18 aromatic carbocycles. The zero-order valence-electron chi connectivity index (χ0n) is 62.9. The molecule has 0 saturated carbocycles. The summed E-state index contributed by atoms with van der Waals surface area (Å²) in [6.45, 7) is 9.42. The number of anilines is 6. The Hall–Kier alpha value is -14.1. The van der Waals surface area contributed by atoms with Crippen molar-refractivity contribution in [2.24, 2.45) is 0 Å². The molecule has 0 spiro atoms. The maximum Gasteiger partial charge on any atom is 0.0547 e. The van der Waals surface area contributed by atoms with E-state index in [1.54, 1.807) is 0 Å². The van der Waals surface area contributed by atoms with Gasteiger partial charge in [-0.3, -0.25) is 0 Å². The first-order chi connectivity index (χ1) is 55.1. The highest BCUT2D eigenvalue weighted by Gasteiger charge is 2.38. The Morgan fingerprint density at radius 3 is 1.04 bits per heavy atom. The van der Waals surface area contributed by atoms with Gasteiger partial charge in [0.1, 0.15) is 0 Å². The molecule has 4 heteroatoms. The van der Waals surface area contributed by atoms with Gasteiger partial charge in [0.05, 0.1) is 22.1 Å². The molecule has 0 N–H and O–H groups in total. The number of hydrogen-bond donors (Lipinski definition) is 0. The monoisotopic (exact) mass is 1430 g/mol. The van der Waals surface area contributed by atoms with Crippen molar-refractivity contribution in [1.29, 1.82) is 0 Å². The third kappa shape index (κ3) is 10.9. The van der Waals surface area contributed by atoms with Crippen LogP contribution in [0.15, 0.2) is 400 Å². The molecule has 2 heterocycles. The lowest BCUT2D eigenvalue weighted by atomic mass is 9.82. The van der Waals surface area contributed by atoms with Crippen molar-refractivity contribution in [3.05, 3.63) is 423 Å². The van der Waals surface area contributed by atoms with Crippen LogP contribution in [0.5, 0.6) is 0 Å². The average molecular weight is 1430 g/mol. The van der Waals surface area contributed by atoms with Crippen molar-refractivity contribution < 1.29 is 0 Å². The van der Waals surface area contributed by atoms with E-state index in [4.69, 9.17) is 0 Å². The van der Waals surface area contributed by atoms with E-state index in [1.807, 2.05) is 0 Å². The van der Waals surface area contributed by atoms with E-state index in [9.17, 15) is 0 Å². The van der Waals surface area contributed by atoms with E-state index in [0.717, 1.165) is 45.5 Å². The van der Waals surface area contributed by atoms with Crippen molar-refractivity contribution in [3.8, 4) is 67.0 Å². The van der Waals surface area contributed by atoms with Gasteiger partial charge in [0.2, 0.25) is 0 Å². The molecule has 0 saturated heterocycles. The van der Waals surface area contributed by atoms with Crippen molar-refractivity contribution >= 4 is 110 Å². The van der Waals surface area contributed by atoms with E-state index in [0.29, 0.717) is 0 Å². The van der Waals surface area contributed by atoms with Gasteiger partial charge in [0.25, 0.3) is 0 Å². The Balaban J connectivity index is 0.000000142. The molecule has 0 atom stereocenters. The molecule has 0 bridgehead atoms. The average Bonchev–Trinajstić information content (AvgIpc) is 1.62. The highest BCUT2D eigenvalue weighted by molar-refractivity contribution is 6.22. The molecular weight excluding hydrogens is 1350 g/mol. The summed E-state index contributed by atoms with van der Waals surface area (Å²) in [6.07, 6.45) is 0. The van der Waals surface area contributed by atoms with Crippen molar-refractivity contribution in [1.82, 2.24) is 9.13 Å². The van der Waals surface area contributed by atoms with E-state index in [-0.39, 0.29) is 10.8 Å². The van der Waals surface area contributed by atoms with Crippen LogP contribution >= 0.6 is 0 Å². The Morgan fingerprint density at radius 1 is 0.196 bits per heavy atom. The summed E-state index contributed by atoms with van der Waals surface area (Å²) < 4.78 is 4.81. The summed E-state index contributed by atoms with van der Waals surface area (Å²) in [7, 11) is 0. The van der Waals surface area contributed by atoms with Gasteiger partial charge in [0.15, 0.2) is 0 Å². The molecule has 112 heavy (non-hydrogen) atoms. The lowest BCUT2D eigenvalue weighted by Gasteiger charge is -2.28. The summed E-state index contributed by atoms with van der Waals surface area (Å²) >= 11 is 0. The van der Waals surface area contributed by atoms with Crippen LogP contribution < -0.4 is 9.80 Å². The molecule has 2 aromatic heterocycles. The largest absolute Gasteiger partial charge is 0.310 e. The smallest absolute Gasteiger partial charge is 0.0547 e. The minimum Gasteiger partial charge on any atom is -0.310 e. The number of para-hydroxylation sites is 3. The van der Waals surface area contributed by atoms with Crippen LogP contribution in [0.4, 0.5) is 34.1 Å². The molecule has 2 aliphatic rings. The molecule has 2 aliphatic carbocycles. The first kappa shape index (κ1) is 66.2. The third-order valence-corrected chi connectivity index (χ3v) is 24.1. The van der Waals surface area contributed by atoms with Gasteiger partial charge in [-0.2, -0.15) is 0 Å². The third-order valence-electron chi connectivity index (χ3n) is 24.1. The van der Waals surface area contributed by atoms with E-state index < -0.39 is 0 Å².